The molecule has 2 saturated heterocycles. The summed E-state index contributed by atoms with van der Waals surface area (Å²) in [6.45, 7) is 3.23. The van der Waals surface area contributed by atoms with Crippen LogP contribution >= 0.6 is 0 Å². The highest BCUT2D eigenvalue weighted by Gasteiger charge is 2.29. The molecule has 1 atom stereocenters. The molecule has 6 nitrogen and oxygen atoms in total. The molecule has 1 aromatic carbocycles. The van der Waals surface area contributed by atoms with Gasteiger partial charge in [-0.25, -0.2) is 14.4 Å². The number of halogens is 1. The van der Waals surface area contributed by atoms with Crippen LogP contribution in [-0.2, 0) is 0 Å². The summed E-state index contributed by atoms with van der Waals surface area (Å²) in [7, 11) is 0. The Bertz CT molecular complexity index is 1100. The van der Waals surface area contributed by atoms with E-state index in [1.165, 1.54) is 18.6 Å². The Kier molecular flexibility index (Phi) is 6.28. The molecule has 2 aliphatic rings. The molecular weight excluding hydrogens is 417 g/mol. The second-order valence-electron chi connectivity index (χ2n) is 8.86. The summed E-state index contributed by atoms with van der Waals surface area (Å²) in [5.41, 5.74) is 3.46. The number of benzene rings is 1. The Hall–Kier alpha value is -3.35. The van der Waals surface area contributed by atoms with Gasteiger partial charge in [-0.1, -0.05) is 6.07 Å². The van der Waals surface area contributed by atoms with Crippen LogP contribution in [0.15, 0.2) is 55.0 Å². The number of hydrogen-bond acceptors (Lipinski definition) is 5. The maximum absolute atomic E-state index is 13.3. The Morgan fingerprint density at radius 1 is 0.970 bits per heavy atom. The predicted molar refractivity (Wildman–Crippen MR) is 126 cm³/mol. The third kappa shape index (κ3) is 4.72. The van der Waals surface area contributed by atoms with Crippen LogP contribution in [-0.4, -0.2) is 51.9 Å². The lowest BCUT2D eigenvalue weighted by atomic mass is 9.90. The van der Waals surface area contributed by atoms with Crippen molar-refractivity contribution in [2.24, 2.45) is 0 Å². The lowest BCUT2D eigenvalue weighted by Crippen LogP contribution is -2.39. The van der Waals surface area contributed by atoms with Crippen molar-refractivity contribution in [3.8, 4) is 11.1 Å². The van der Waals surface area contributed by atoms with Crippen molar-refractivity contribution in [1.29, 1.82) is 0 Å². The third-order valence-corrected chi connectivity index (χ3v) is 6.60. The van der Waals surface area contributed by atoms with Gasteiger partial charge in [0.25, 0.3) is 5.91 Å². The number of amides is 1. The number of nitrogens with zero attached hydrogens (tertiary/aromatic N) is 5. The second-order valence-corrected chi connectivity index (χ2v) is 8.86. The fourth-order valence-electron chi connectivity index (χ4n) is 4.85. The first-order valence-electron chi connectivity index (χ1n) is 11.8. The molecule has 0 saturated carbocycles. The van der Waals surface area contributed by atoms with E-state index < -0.39 is 0 Å². The zero-order chi connectivity index (χ0) is 22.6. The van der Waals surface area contributed by atoms with Crippen molar-refractivity contribution in [2.45, 2.75) is 38.0 Å². The summed E-state index contributed by atoms with van der Waals surface area (Å²) < 4.78 is 13.3. The smallest absolute Gasteiger partial charge is 0.253 e. The molecule has 3 aromatic rings. The van der Waals surface area contributed by atoms with Crippen molar-refractivity contribution in [3.63, 3.8) is 0 Å². The molecule has 0 unspecified atom stereocenters. The average molecular weight is 446 g/mol. The number of pyridine rings is 1. The van der Waals surface area contributed by atoms with E-state index in [-0.39, 0.29) is 17.6 Å². The first-order valence-corrected chi connectivity index (χ1v) is 11.8. The monoisotopic (exact) mass is 445 g/mol. The first kappa shape index (κ1) is 21.5. The number of carbonyl (C=O) groups excluding carboxylic acids is 1. The van der Waals surface area contributed by atoms with E-state index in [2.05, 4.69) is 9.88 Å². The van der Waals surface area contributed by atoms with Crippen LogP contribution < -0.4 is 4.90 Å². The molecular formula is C26H28FN5O. The number of hydrogen-bond donors (Lipinski definition) is 0. The lowest BCUT2D eigenvalue weighted by molar-refractivity contribution is 0.0706. The van der Waals surface area contributed by atoms with Gasteiger partial charge >= 0.3 is 0 Å². The highest BCUT2D eigenvalue weighted by molar-refractivity contribution is 5.94. The summed E-state index contributed by atoms with van der Waals surface area (Å²) in [4.78, 5) is 31.3. The maximum atomic E-state index is 13.3. The Balaban J connectivity index is 1.46. The SMILES string of the molecule is O=C(c1ccc(F)cc1)N1CCC[C@@H](c2nc(N3CCCCC3)ncc2-c2cccnc2)C1. The summed E-state index contributed by atoms with van der Waals surface area (Å²) in [5, 5.41) is 0. The van der Waals surface area contributed by atoms with E-state index in [9.17, 15) is 9.18 Å². The molecule has 5 rings (SSSR count). The van der Waals surface area contributed by atoms with Gasteiger partial charge in [0.2, 0.25) is 5.95 Å². The first-order chi connectivity index (χ1) is 16.2. The number of rotatable bonds is 4. The zero-order valence-electron chi connectivity index (χ0n) is 18.7. The standard InChI is InChI=1S/C26H28FN5O/c27-22-10-8-19(9-11-22)25(33)32-15-5-7-21(18-32)24-23(20-6-4-12-28-16-20)17-29-26(30-24)31-13-2-1-3-14-31/h4,6,8-12,16-17,21H,1-3,5,7,13-15,18H2/t21-/m1/s1. The van der Waals surface area contributed by atoms with Crippen molar-refractivity contribution in [3.05, 3.63) is 72.1 Å². The van der Waals surface area contributed by atoms with E-state index in [0.717, 1.165) is 61.5 Å². The normalized spacial score (nSPS) is 18.9. The van der Waals surface area contributed by atoms with Crippen molar-refractivity contribution < 1.29 is 9.18 Å². The predicted octanol–water partition coefficient (Wildman–Crippen LogP) is 4.69. The molecule has 170 valence electrons. The summed E-state index contributed by atoms with van der Waals surface area (Å²) in [5.74, 6) is 0.479. The highest BCUT2D eigenvalue weighted by Crippen LogP contribution is 2.34. The van der Waals surface area contributed by atoms with Gasteiger partial charge in [0.1, 0.15) is 5.82 Å². The van der Waals surface area contributed by atoms with Gasteiger partial charge in [-0.2, -0.15) is 0 Å². The van der Waals surface area contributed by atoms with Crippen LogP contribution in [0.5, 0.6) is 0 Å². The van der Waals surface area contributed by atoms with Crippen molar-refractivity contribution in [2.75, 3.05) is 31.1 Å². The average Bonchev–Trinajstić information content (AvgIpc) is 2.89. The summed E-state index contributed by atoms with van der Waals surface area (Å²) >= 11 is 0. The van der Waals surface area contributed by atoms with Crippen LogP contribution in [0.2, 0.25) is 0 Å². The van der Waals surface area contributed by atoms with Crippen molar-refractivity contribution >= 4 is 11.9 Å². The van der Waals surface area contributed by atoms with Gasteiger partial charge < -0.3 is 9.80 Å². The van der Waals surface area contributed by atoms with Gasteiger partial charge in [0.15, 0.2) is 0 Å². The van der Waals surface area contributed by atoms with Crippen LogP contribution in [0.4, 0.5) is 10.3 Å². The minimum atomic E-state index is -0.338. The molecule has 2 fully saturated rings. The summed E-state index contributed by atoms with van der Waals surface area (Å²) in [6, 6.07) is 9.74. The Morgan fingerprint density at radius 2 is 1.79 bits per heavy atom. The van der Waals surface area contributed by atoms with Crippen LogP contribution in [0.3, 0.4) is 0 Å². The topological polar surface area (TPSA) is 62.2 Å². The van der Waals surface area contributed by atoms with Crippen LogP contribution in [0, 0.1) is 5.82 Å². The number of carbonyl (C=O) groups is 1. The van der Waals surface area contributed by atoms with Gasteiger partial charge in [0, 0.05) is 67.4 Å². The second kappa shape index (κ2) is 9.65. The Morgan fingerprint density at radius 3 is 2.55 bits per heavy atom. The van der Waals surface area contributed by atoms with Crippen LogP contribution in [0.1, 0.15) is 54.1 Å². The number of aromatic nitrogens is 3. The molecule has 0 N–H and O–H groups in total. The van der Waals surface area contributed by atoms with E-state index in [4.69, 9.17) is 9.97 Å². The van der Waals surface area contributed by atoms with Gasteiger partial charge in [0.05, 0.1) is 5.69 Å². The fraction of sp³-hybridized carbons (Fsp3) is 0.385. The fourth-order valence-corrected chi connectivity index (χ4v) is 4.85. The molecule has 1 amide bonds. The van der Waals surface area contributed by atoms with Gasteiger partial charge in [-0.3, -0.25) is 9.78 Å². The van der Waals surface area contributed by atoms with Crippen LogP contribution in [0.25, 0.3) is 11.1 Å². The minimum absolute atomic E-state index is 0.0621. The van der Waals surface area contributed by atoms with E-state index in [1.807, 2.05) is 29.4 Å². The molecule has 2 aliphatic heterocycles. The molecule has 33 heavy (non-hydrogen) atoms. The lowest BCUT2D eigenvalue weighted by Gasteiger charge is -2.34. The molecule has 4 heterocycles. The molecule has 0 bridgehead atoms. The third-order valence-electron chi connectivity index (χ3n) is 6.60. The number of piperidine rings is 2. The van der Waals surface area contributed by atoms with E-state index >= 15 is 0 Å². The molecule has 0 aliphatic carbocycles. The van der Waals surface area contributed by atoms with Gasteiger partial charge in [-0.05, 0) is 62.4 Å². The molecule has 2 aromatic heterocycles. The highest BCUT2D eigenvalue weighted by atomic mass is 19.1. The van der Waals surface area contributed by atoms with Gasteiger partial charge in [-0.15, -0.1) is 0 Å². The minimum Gasteiger partial charge on any atom is -0.341 e. The number of anilines is 1. The quantitative estimate of drug-likeness (QED) is 0.583. The van der Waals surface area contributed by atoms with E-state index in [0.29, 0.717) is 18.7 Å². The summed E-state index contributed by atoms with van der Waals surface area (Å²) in [6.07, 6.45) is 10.9. The molecule has 7 heteroatoms. The zero-order valence-corrected chi connectivity index (χ0v) is 18.7. The Labute approximate surface area is 193 Å². The largest absolute Gasteiger partial charge is 0.341 e. The molecule has 0 radical (unpaired) electrons. The van der Waals surface area contributed by atoms with E-state index in [1.54, 1.807) is 18.3 Å². The number of likely N-dealkylation sites (tertiary alicyclic amines) is 1. The molecule has 0 spiro atoms. The van der Waals surface area contributed by atoms with Crippen molar-refractivity contribution in [1.82, 2.24) is 19.9 Å². The maximum Gasteiger partial charge on any atom is 0.253 e.